The zero-order valence-corrected chi connectivity index (χ0v) is 10.4. The number of nitrogens with one attached hydrogen (secondary N) is 2. The Hall–Kier alpha value is -1.26. The van der Waals surface area contributed by atoms with Gasteiger partial charge in [0.1, 0.15) is 6.04 Å². The lowest BCUT2D eigenvalue weighted by molar-refractivity contribution is -0.139. The summed E-state index contributed by atoms with van der Waals surface area (Å²) < 4.78 is 0. The van der Waals surface area contributed by atoms with Gasteiger partial charge < -0.3 is 15.7 Å². The van der Waals surface area contributed by atoms with E-state index < -0.39 is 12.0 Å². The zero-order valence-electron chi connectivity index (χ0n) is 10.4. The average molecular weight is 252 g/mol. The van der Waals surface area contributed by atoms with E-state index in [-0.39, 0.29) is 18.0 Å². The summed E-state index contributed by atoms with van der Waals surface area (Å²) in [5.74, 6) is 0.482. The summed E-state index contributed by atoms with van der Waals surface area (Å²) in [4.78, 5) is 22.9. The van der Waals surface area contributed by atoms with Crippen LogP contribution in [0.15, 0.2) is 0 Å². The smallest absolute Gasteiger partial charge is 0.326 e. The van der Waals surface area contributed by atoms with Gasteiger partial charge in [0.25, 0.3) is 0 Å². The van der Waals surface area contributed by atoms with E-state index in [9.17, 15) is 9.59 Å². The minimum atomic E-state index is -0.915. The van der Waals surface area contributed by atoms with Crippen molar-refractivity contribution in [3.8, 4) is 0 Å². The van der Waals surface area contributed by atoms with Crippen LogP contribution in [-0.2, 0) is 4.79 Å². The first-order valence-electron chi connectivity index (χ1n) is 6.95. The Kier molecular flexibility index (Phi) is 2.92. The molecule has 0 bridgehead atoms. The fourth-order valence-corrected chi connectivity index (χ4v) is 2.68. The van der Waals surface area contributed by atoms with E-state index in [1.165, 1.54) is 25.7 Å². The highest BCUT2D eigenvalue weighted by atomic mass is 16.4. The Morgan fingerprint density at radius 1 is 0.889 bits per heavy atom. The highest BCUT2D eigenvalue weighted by molar-refractivity contribution is 5.83. The van der Waals surface area contributed by atoms with Gasteiger partial charge in [-0.15, -0.1) is 0 Å². The van der Waals surface area contributed by atoms with E-state index in [1.54, 1.807) is 0 Å². The van der Waals surface area contributed by atoms with Crippen molar-refractivity contribution in [3.05, 3.63) is 0 Å². The average Bonchev–Trinajstić information content (AvgIpc) is 3.14. The SMILES string of the molecule is O=C(NC(C(=O)O)C1CC1)NC(C1CC1)C1CC1. The molecule has 1 unspecified atom stereocenters. The van der Waals surface area contributed by atoms with Crippen LogP contribution in [0, 0.1) is 17.8 Å². The van der Waals surface area contributed by atoms with E-state index >= 15 is 0 Å². The standard InChI is InChI=1S/C13H20N2O3/c16-12(17)11(9-5-6-9)15-13(18)14-10(7-1-2-7)8-3-4-8/h7-11H,1-6H2,(H,16,17)(H2,14,15,18). The molecule has 0 heterocycles. The molecule has 3 aliphatic carbocycles. The molecule has 3 aliphatic rings. The van der Waals surface area contributed by atoms with Gasteiger partial charge in [0.15, 0.2) is 0 Å². The van der Waals surface area contributed by atoms with Crippen LogP contribution in [0.4, 0.5) is 4.79 Å². The maximum Gasteiger partial charge on any atom is 0.326 e. The third kappa shape index (κ3) is 2.76. The van der Waals surface area contributed by atoms with Gasteiger partial charge in [0.2, 0.25) is 0 Å². The van der Waals surface area contributed by atoms with Crippen LogP contribution in [0.25, 0.3) is 0 Å². The van der Waals surface area contributed by atoms with Gasteiger partial charge in [-0.05, 0) is 56.3 Å². The molecule has 0 aliphatic heterocycles. The van der Waals surface area contributed by atoms with E-state index in [0.717, 1.165) is 12.8 Å². The summed E-state index contributed by atoms with van der Waals surface area (Å²) in [6.45, 7) is 0. The number of carboxylic acids is 1. The van der Waals surface area contributed by atoms with Crippen LogP contribution < -0.4 is 10.6 Å². The van der Waals surface area contributed by atoms with Gasteiger partial charge >= 0.3 is 12.0 Å². The molecular weight excluding hydrogens is 232 g/mol. The molecule has 0 aromatic heterocycles. The fourth-order valence-electron chi connectivity index (χ4n) is 2.68. The maximum atomic E-state index is 11.9. The van der Waals surface area contributed by atoms with Crippen LogP contribution in [0.5, 0.6) is 0 Å². The molecule has 0 radical (unpaired) electrons. The number of carbonyl (C=O) groups excluding carboxylic acids is 1. The molecule has 0 saturated heterocycles. The van der Waals surface area contributed by atoms with E-state index in [2.05, 4.69) is 10.6 Å². The molecule has 0 spiro atoms. The number of hydrogen-bond acceptors (Lipinski definition) is 2. The number of amides is 2. The molecule has 100 valence electrons. The number of hydrogen-bond donors (Lipinski definition) is 3. The van der Waals surface area contributed by atoms with Gasteiger partial charge in [0, 0.05) is 6.04 Å². The topological polar surface area (TPSA) is 78.4 Å². The number of carboxylic acid groups (broad SMARTS) is 1. The van der Waals surface area contributed by atoms with E-state index in [4.69, 9.17) is 5.11 Å². The third-order valence-electron chi connectivity index (χ3n) is 4.20. The van der Waals surface area contributed by atoms with Crippen molar-refractivity contribution in [3.63, 3.8) is 0 Å². The minimum absolute atomic E-state index is 0.133. The number of rotatable bonds is 6. The van der Waals surface area contributed by atoms with Crippen LogP contribution in [0.1, 0.15) is 38.5 Å². The van der Waals surface area contributed by atoms with Gasteiger partial charge in [-0.25, -0.2) is 9.59 Å². The quantitative estimate of drug-likeness (QED) is 0.667. The van der Waals surface area contributed by atoms with Gasteiger partial charge in [-0.2, -0.15) is 0 Å². The van der Waals surface area contributed by atoms with Crippen LogP contribution >= 0.6 is 0 Å². The van der Waals surface area contributed by atoms with Crippen molar-refractivity contribution in [2.45, 2.75) is 50.6 Å². The van der Waals surface area contributed by atoms with E-state index in [1.807, 2.05) is 0 Å². The van der Waals surface area contributed by atoms with Crippen molar-refractivity contribution >= 4 is 12.0 Å². The van der Waals surface area contributed by atoms with Crippen molar-refractivity contribution < 1.29 is 14.7 Å². The van der Waals surface area contributed by atoms with Gasteiger partial charge in [0.05, 0.1) is 0 Å². The molecule has 18 heavy (non-hydrogen) atoms. The van der Waals surface area contributed by atoms with Crippen molar-refractivity contribution in [1.82, 2.24) is 10.6 Å². The molecule has 5 nitrogen and oxygen atoms in total. The van der Waals surface area contributed by atoms with Crippen LogP contribution in [-0.4, -0.2) is 29.2 Å². The monoisotopic (exact) mass is 252 g/mol. The highest BCUT2D eigenvalue weighted by Gasteiger charge is 2.43. The molecular formula is C13H20N2O3. The first kappa shape index (κ1) is 11.8. The van der Waals surface area contributed by atoms with Crippen molar-refractivity contribution in [1.29, 1.82) is 0 Å². The molecule has 0 aromatic carbocycles. The molecule has 1 atom stereocenters. The second-order valence-corrected chi connectivity index (χ2v) is 5.97. The second-order valence-electron chi connectivity index (χ2n) is 5.97. The van der Waals surface area contributed by atoms with Crippen LogP contribution in [0.3, 0.4) is 0 Å². The Bertz CT molecular complexity index is 347. The molecule has 3 N–H and O–H groups in total. The summed E-state index contributed by atoms with van der Waals surface area (Å²) in [6, 6.07) is -0.721. The Morgan fingerprint density at radius 3 is 1.78 bits per heavy atom. The molecule has 5 heteroatoms. The summed E-state index contributed by atoms with van der Waals surface area (Å²) >= 11 is 0. The Balaban J connectivity index is 1.51. The molecule has 3 rings (SSSR count). The fraction of sp³-hybridized carbons (Fsp3) is 0.846. The van der Waals surface area contributed by atoms with E-state index in [0.29, 0.717) is 11.8 Å². The highest BCUT2D eigenvalue weighted by Crippen LogP contribution is 2.44. The van der Waals surface area contributed by atoms with Crippen LogP contribution in [0.2, 0.25) is 0 Å². The molecule has 0 aromatic rings. The molecule has 3 fully saturated rings. The predicted molar refractivity (Wildman–Crippen MR) is 65.1 cm³/mol. The summed E-state index contributed by atoms with van der Waals surface area (Å²) in [7, 11) is 0. The molecule has 2 amide bonds. The first-order valence-corrected chi connectivity index (χ1v) is 6.95. The van der Waals surface area contributed by atoms with Crippen molar-refractivity contribution in [2.75, 3.05) is 0 Å². The number of carbonyl (C=O) groups is 2. The normalized spacial score (nSPS) is 24.7. The number of aliphatic carboxylic acids is 1. The lowest BCUT2D eigenvalue weighted by atomic mass is 10.1. The molecule has 3 saturated carbocycles. The Morgan fingerprint density at radius 2 is 1.39 bits per heavy atom. The minimum Gasteiger partial charge on any atom is -0.480 e. The largest absolute Gasteiger partial charge is 0.480 e. The lowest BCUT2D eigenvalue weighted by Gasteiger charge is -2.20. The second kappa shape index (κ2) is 4.44. The van der Waals surface area contributed by atoms with Crippen molar-refractivity contribution in [2.24, 2.45) is 17.8 Å². The summed E-state index contributed by atoms with van der Waals surface area (Å²) in [6.07, 6.45) is 6.62. The maximum absolute atomic E-state index is 11.9. The third-order valence-corrected chi connectivity index (χ3v) is 4.20. The number of urea groups is 1. The Labute approximate surface area is 106 Å². The summed E-state index contributed by atoms with van der Waals surface area (Å²) in [5.41, 5.74) is 0. The van der Waals surface area contributed by atoms with Gasteiger partial charge in [-0.1, -0.05) is 0 Å². The lowest BCUT2D eigenvalue weighted by Crippen LogP contribution is -2.51. The predicted octanol–water partition coefficient (Wildman–Crippen LogP) is 1.34. The zero-order chi connectivity index (χ0) is 12.7. The first-order chi connectivity index (χ1) is 8.65. The van der Waals surface area contributed by atoms with Gasteiger partial charge in [-0.3, -0.25) is 0 Å². The summed E-state index contributed by atoms with van der Waals surface area (Å²) in [5, 5.41) is 14.7.